The average Bonchev–Trinajstić information content (AvgIpc) is 3.31. The number of benzene rings is 1. The summed E-state index contributed by atoms with van der Waals surface area (Å²) in [6, 6.07) is 8.58. The molecule has 0 radical (unpaired) electrons. The normalized spacial score (nSPS) is 15.1. The quantitative estimate of drug-likeness (QED) is 0.494. The van der Waals surface area contributed by atoms with Crippen molar-refractivity contribution in [3.8, 4) is 22.9 Å². The maximum Gasteiger partial charge on any atom is 0.228 e. The van der Waals surface area contributed by atoms with Crippen LogP contribution < -0.4 is 15.5 Å². The molecule has 0 aliphatic carbocycles. The van der Waals surface area contributed by atoms with Gasteiger partial charge in [-0.15, -0.1) is 0 Å². The fourth-order valence-electron chi connectivity index (χ4n) is 4.10. The summed E-state index contributed by atoms with van der Waals surface area (Å²) in [4.78, 5) is 29.4. The first-order valence-electron chi connectivity index (χ1n) is 11.1. The lowest BCUT2D eigenvalue weighted by atomic mass is 9.75. The van der Waals surface area contributed by atoms with E-state index in [4.69, 9.17) is 13.7 Å². The van der Waals surface area contributed by atoms with E-state index in [0.29, 0.717) is 43.3 Å². The Labute approximate surface area is 200 Å². The van der Waals surface area contributed by atoms with E-state index >= 15 is 0 Å². The van der Waals surface area contributed by atoms with Gasteiger partial charge in [0, 0.05) is 36.4 Å². The summed E-state index contributed by atoms with van der Waals surface area (Å²) in [6.45, 7) is 1.98. The van der Waals surface area contributed by atoms with Crippen molar-refractivity contribution in [2.24, 2.45) is 0 Å². The molecule has 1 aromatic carbocycles. The number of carbonyl (C=O) groups excluding carboxylic acids is 1. The fourth-order valence-corrected chi connectivity index (χ4v) is 5.38. The lowest BCUT2D eigenvalue weighted by Gasteiger charge is -2.35. The van der Waals surface area contributed by atoms with Crippen LogP contribution in [0.5, 0.6) is 11.5 Å². The molecular weight excluding hydrogens is 458 g/mol. The van der Waals surface area contributed by atoms with E-state index in [1.165, 1.54) is 6.07 Å². The number of rotatable bonds is 8. The molecule has 0 atom stereocenters. The second-order valence-electron chi connectivity index (χ2n) is 8.31. The number of aromatic hydroxyl groups is 1. The van der Waals surface area contributed by atoms with Crippen LogP contribution in [0.3, 0.4) is 0 Å². The van der Waals surface area contributed by atoms with Gasteiger partial charge in [0.2, 0.25) is 28.8 Å². The SMILES string of the molecule is COc1ccc(-c2noc(CCNC(=O)CC3(c4oc(C)cc(=O)c4O)CCSCC3)n2)cc1. The van der Waals surface area contributed by atoms with Crippen LogP contribution in [0.1, 0.15) is 36.7 Å². The van der Waals surface area contributed by atoms with Crippen molar-refractivity contribution in [3.63, 3.8) is 0 Å². The van der Waals surface area contributed by atoms with E-state index in [2.05, 4.69) is 15.5 Å². The number of nitrogens with zero attached hydrogens (tertiary/aromatic N) is 2. The minimum Gasteiger partial charge on any atom is -0.502 e. The van der Waals surface area contributed by atoms with Crippen molar-refractivity contribution in [2.75, 3.05) is 25.2 Å². The van der Waals surface area contributed by atoms with Gasteiger partial charge in [-0.1, -0.05) is 5.16 Å². The van der Waals surface area contributed by atoms with Gasteiger partial charge in [0.15, 0.2) is 5.76 Å². The number of hydrogen-bond acceptors (Lipinski definition) is 9. The molecular formula is C24H27N3O6S. The number of carbonyl (C=O) groups is 1. The van der Waals surface area contributed by atoms with E-state index < -0.39 is 16.6 Å². The lowest BCUT2D eigenvalue weighted by Crippen LogP contribution is -2.39. The summed E-state index contributed by atoms with van der Waals surface area (Å²) in [6.07, 6.45) is 1.77. The first-order chi connectivity index (χ1) is 16.4. The summed E-state index contributed by atoms with van der Waals surface area (Å²) in [7, 11) is 1.60. The molecule has 9 nitrogen and oxygen atoms in total. The molecule has 180 valence electrons. The Bertz CT molecular complexity index is 1200. The minimum atomic E-state index is -0.712. The van der Waals surface area contributed by atoms with Crippen molar-refractivity contribution in [1.29, 1.82) is 0 Å². The topological polar surface area (TPSA) is 128 Å². The van der Waals surface area contributed by atoms with Gasteiger partial charge in [0.05, 0.1) is 7.11 Å². The Balaban J connectivity index is 1.39. The molecule has 3 heterocycles. The number of aryl methyl sites for hydroxylation is 1. The maximum absolute atomic E-state index is 12.9. The largest absolute Gasteiger partial charge is 0.502 e. The van der Waals surface area contributed by atoms with Crippen molar-refractivity contribution in [3.05, 3.63) is 58.0 Å². The standard InChI is InChI=1S/C24H27N3O6S/c1-15-13-18(28)21(30)22(32-15)24(8-11-34-12-9-24)14-19(29)25-10-7-20-26-23(27-33-20)16-3-5-17(31-2)6-4-16/h3-6,13,30H,7-12,14H2,1-2H3,(H,25,29). The highest BCUT2D eigenvalue weighted by Gasteiger charge is 2.41. The summed E-state index contributed by atoms with van der Waals surface area (Å²) in [5, 5.41) is 17.3. The van der Waals surface area contributed by atoms with E-state index in [9.17, 15) is 14.7 Å². The molecule has 10 heteroatoms. The van der Waals surface area contributed by atoms with Gasteiger partial charge in [-0.2, -0.15) is 16.7 Å². The number of aromatic nitrogens is 2. The van der Waals surface area contributed by atoms with Gasteiger partial charge >= 0.3 is 0 Å². The maximum atomic E-state index is 12.9. The third kappa shape index (κ3) is 5.27. The van der Waals surface area contributed by atoms with Crippen LogP contribution in [0.25, 0.3) is 11.4 Å². The zero-order valence-corrected chi connectivity index (χ0v) is 19.9. The number of thioether (sulfide) groups is 1. The Kier molecular flexibility index (Phi) is 7.26. The predicted octanol–water partition coefficient (Wildman–Crippen LogP) is 3.23. The monoisotopic (exact) mass is 485 g/mol. The summed E-state index contributed by atoms with van der Waals surface area (Å²) in [5.74, 6) is 3.30. The van der Waals surface area contributed by atoms with E-state index in [-0.39, 0.29) is 18.1 Å². The van der Waals surface area contributed by atoms with Crippen molar-refractivity contribution < 1.29 is 23.6 Å². The van der Waals surface area contributed by atoms with Gasteiger partial charge in [0.25, 0.3) is 0 Å². The van der Waals surface area contributed by atoms with Crippen LogP contribution in [-0.4, -0.2) is 46.3 Å². The van der Waals surface area contributed by atoms with Crippen LogP contribution in [0.15, 0.2) is 44.1 Å². The van der Waals surface area contributed by atoms with Gasteiger partial charge < -0.3 is 24.1 Å². The van der Waals surface area contributed by atoms with Crippen molar-refractivity contribution >= 4 is 17.7 Å². The predicted molar refractivity (Wildman–Crippen MR) is 127 cm³/mol. The summed E-state index contributed by atoms with van der Waals surface area (Å²) in [5.41, 5.74) is -0.395. The highest BCUT2D eigenvalue weighted by molar-refractivity contribution is 7.99. The zero-order chi connectivity index (χ0) is 24.1. The number of amides is 1. The Morgan fingerprint density at radius 2 is 2.00 bits per heavy atom. The molecule has 1 amide bonds. The van der Waals surface area contributed by atoms with Gasteiger partial charge in [-0.25, -0.2) is 0 Å². The smallest absolute Gasteiger partial charge is 0.228 e. The molecule has 34 heavy (non-hydrogen) atoms. The first-order valence-corrected chi connectivity index (χ1v) is 12.2. The number of ether oxygens (including phenoxy) is 1. The average molecular weight is 486 g/mol. The highest BCUT2D eigenvalue weighted by Crippen LogP contribution is 2.43. The lowest BCUT2D eigenvalue weighted by molar-refractivity contribution is -0.122. The number of methoxy groups -OCH3 is 1. The molecule has 0 unspecified atom stereocenters. The van der Waals surface area contributed by atoms with Gasteiger partial charge in [0.1, 0.15) is 11.5 Å². The first kappa shape index (κ1) is 23.9. The van der Waals surface area contributed by atoms with Crippen LogP contribution in [0.4, 0.5) is 0 Å². The van der Waals surface area contributed by atoms with E-state index in [1.807, 2.05) is 24.3 Å². The molecule has 0 spiro atoms. The van der Waals surface area contributed by atoms with E-state index in [0.717, 1.165) is 22.8 Å². The molecule has 1 saturated heterocycles. The number of hydrogen-bond donors (Lipinski definition) is 2. The Morgan fingerprint density at radius 3 is 2.71 bits per heavy atom. The van der Waals surface area contributed by atoms with Crippen LogP contribution in [-0.2, 0) is 16.6 Å². The molecule has 0 saturated carbocycles. The second kappa shape index (κ2) is 10.3. The molecule has 4 rings (SSSR count). The molecule has 2 N–H and O–H groups in total. The van der Waals surface area contributed by atoms with Crippen LogP contribution in [0.2, 0.25) is 0 Å². The highest BCUT2D eigenvalue weighted by atomic mass is 32.2. The Morgan fingerprint density at radius 1 is 1.26 bits per heavy atom. The Hall–Kier alpha value is -3.27. The number of nitrogens with one attached hydrogen (secondary N) is 1. The van der Waals surface area contributed by atoms with Crippen molar-refractivity contribution in [2.45, 2.75) is 38.0 Å². The van der Waals surface area contributed by atoms with Crippen LogP contribution >= 0.6 is 11.8 Å². The summed E-state index contributed by atoms with van der Waals surface area (Å²) >= 11 is 1.78. The van der Waals surface area contributed by atoms with Gasteiger partial charge in [-0.3, -0.25) is 9.59 Å². The molecule has 1 fully saturated rings. The molecule has 1 aliphatic rings. The van der Waals surface area contributed by atoms with Crippen LogP contribution in [0, 0.1) is 6.92 Å². The molecule has 0 bridgehead atoms. The summed E-state index contributed by atoms with van der Waals surface area (Å²) < 4.78 is 16.2. The molecule has 2 aromatic heterocycles. The third-order valence-electron chi connectivity index (χ3n) is 5.95. The second-order valence-corrected chi connectivity index (χ2v) is 9.53. The third-order valence-corrected chi connectivity index (χ3v) is 6.94. The van der Waals surface area contributed by atoms with Gasteiger partial charge in [-0.05, 0) is 55.5 Å². The zero-order valence-electron chi connectivity index (χ0n) is 19.1. The molecule has 3 aromatic rings. The van der Waals surface area contributed by atoms with Crippen molar-refractivity contribution in [1.82, 2.24) is 15.5 Å². The van der Waals surface area contributed by atoms with E-state index in [1.54, 1.807) is 25.8 Å². The molecule has 1 aliphatic heterocycles. The fraction of sp³-hybridized carbons (Fsp3) is 0.417. The minimum absolute atomic E-state index is 0.119.